The topological polar surface area (TPSA) is 91.7 Å². The highest BCUT2D eigenvalue weighted by atomic mass is 79.9. The fraction of sp³-hybridized carbons (Fsp3) is 0.188. The molecule has 0 spiro atoms. The molecule has 1 aromatic carbocycles. The van der Waals surface area contributed by atoms with Gasteiger partial charge in [-0.25, -0.2) is 4.79 Å². The predicted molar refractivity (Wildman–Crippen MR) is 89.5 cm³/mol. The Balaban J connectivity index is 1.73. The lowest BCUT2D eigenvalue weighted by Gasteiger charge is -2.13. The van der Waals surface area contributed by atoms with Crippen molar-refractivity contribution in [2.75, 3.05) is 11.9 Å². The maximum Gasteiger partial charge on any atom is 0.324 e. The summed E-state index contributed by atoms with van der Waals surface area (Å²) in [6.07, 6.45) is 0. The van der Waals surface area contributed by atoms with Crippen LogP contribution >= 0.6 is 15.9 Å². The molecule has 0 unspecified atom stereocenters. The van der Waals surface area contributed by atoms with Gasteiger partial charge in [-0.15, -0.1) is 0 Å². The Morgan fingerprint density at radius 1 is 1.38 bits per heavy atom. The molecule has 2 aromatic rings. The third-order valence-corrected chi connectivity index (χ3v) is 3.95. The largest absolute Gasteiger partial charge is 0.444 e. The van der Waals surface area contributed by atoms with E-state index in [0.29, 0.717) is 10.4 Å². The number of nitrogens with zero attached hydrogens (tertiary/aromatic N) is 1. The average molecular weight is 392 g/mol. The number of imide groups is 1. The molecule has 124 valence electrons. The zero-order valence-corrected chi connectivity index (χ0v) is 14.3. The first-order chi connectivity index (χ1) is 11.4. The zero-order valence-electron chi connectivity index (χ0n) is 12.8. The molecule has 0 atom stereocenters. The van der Waals surface area contributed by atoms with Crippen LogP contribution in [0.5, 0.6) is 0 Å². The van der Waals surface area contributed by atoms with E-state index in [1.165, 1.54) is 0 Å². The monoisotopic (exact) mass is 391 g/mol. The lowest BCUT2D eigenvalue weighted by molar-refractivity contribution is -0.125. The Bertz CT molecular complexity index is 814. The Morgan fingerprint density at radius 3 is 2.79 bits per heavy atom. The summed E-state index contributed by atoms with van der Waals surface area (Å²) in [6, 6.07) is 8.26. The number of halogens is 1. The quantitative estimate of drug-likeness (QED) is 0.783. The Kier molecular flexibility index (Phi) is 4.39. The molecule has 0 saturated carbocycles. The minimum Gasteiger partial charge on any atom is -0.444 e. The van der Waals surface area contributed by atoms with Crippen LogP contribution in [0.4, 0.5) is 10.5 Å². The molecule has 24 heavy (non-hydrogen) atoms. The molecule has 4 amide bonds. The van der Waals surface area contributed by atoms with Gasteiger partial charge >= 0.3 is 6.03 Å². The highest BCUT2D eigenvalue weighted by Gasteiger charge is 2.28. The number of carbonyl (C=O) groups is 3. The second-order valence-corrected chi connectivity index (χ2v) is 6.14. The highest BCUT2D eigenvalue weighted by molar-refractivity contribution is 9.10. The number of urea groups is 1. The van der Waals surface area contributed by atoms with Crippen molar-refractivity contribution in [3.05, 3.63) is 51.9 Å². The third kappa shape index (κ3) is 3.33. The van der Waals surface area contributed by atoms with Gasteiger partial charge in [0, 0.05) is 11.3 Å². The number of carbonyl (C=O) groups excluding carboxylic acids is 3. The molecule has 2 heterocycles. The van der Waals surface area contributed by atoms with Gasteiger partial charge in [0.2, 0.25) is 5.91 Å². The molecule has 0 aliphatic carbocycles. The van der Waals surface area contributed by atoms with E-state index in [-0.39, 0.29) is 30.7 Å². The number of aryl methyl sites for hydroxylation is 1. The van der Waals surface area contributed by atoms with Gasteiger partial charge in [0.15, 0.2) is 10.4 Å². The van der Waals surface area contributed by atoms with Crippen molar-refractivity contribution >= 4 is 39.5 Å². The van der Waals surface area contributed by atoms with Crippen molar-refractivity contribution in [3.63, 3.8) is 0 Å². The van der Waals surface area contributed by atoms with Crippen LogP contribution in [0.15, 0.2) is 39.4 Å². The fourth-order valence-corrected chi connectivity index (χ4v) is 2.91. The first-order valence-electron chi connectivity index (χ1n) is 7.18. The lowest BCUT2D eigenvalue weighted by Crippen LogP contribution is -2.30. The molecule has 8 heteroatoms. The summed E-state index contributed by atoms with van der Waals surface area (Å²) in [5, 5.41) is 5.21. The number of rotatable bonds is 4. The van der Waals surface area contributed by atoms with Gasteiger partial charge < -0.3 is 15.1 Å². The first kappa shape index (κ1) is 16.3. The van der Waals surface area contributed by atoms with E-state index in [0.717, 1.165) is 16.0 Å². The normalized spacial score (nSPS) is 14.0. The molecular formula is C16H14BrN3O4. The van der Waals surface area contributed by atoms with Gasteiger partial charge in [0.25, 0.3) is 5.91 Å². The molecule has 7 nitrogen and oxygen atoms in total. The van der Waals surface area contributed by atoms with Crippen LogP contribution in [0.1, 0.15) is 21.7 Å². The number of hydrogen-bond donors (Lipinski definition) is 2. The first-order valence-corrected chi connectivity index (χ1v) is 7.98. The van der Waals surface area contributed by atoms with E-state index >= 15 is 0 Å². The molecule has 0 radical (unpaired) electrons. The van der Waals surface area contributed by atoms with Gasteiger partial charge in [0.1, 0.15) is 0 Å². The van der Waals surface area contributed by atoms with E-state index in [9.17, 15) is 14.4 Å². The molecular weight excluding hydrogens is 378 g/mol. The van der Waals surface area contributed by atoms with E-state index in [1.807, 2.05) is 0 Å². The molecule has 1 aliphatic rings. The van der Waals surface area contributed by atoms with Crippen LogP contribution in [0, 0.1) is 6.92 Å². The van der Waals surface area contributed by atoms with Gasteiger partial charge in [-0.2, -0.15) is 0 Å². The van der Waals surface area contributed by atoms with Gasteiger partial charge in [-0.05, 0) is 46.6 Å². The SMILES string of the molecule is Cc1cc(Br)oc1C(=O)Nc1cccc(CN2C(=O)CNC2=O)c1. The minimum atomic E-state index is -0.412. The van der Waals surface area contributed by atoms with Crippen molar-refractivity contribution < 1.29 is 18.8 Å². The van der Waals surface area contributed by atoms with Gasteiger partial charge in [0.05, 0.1) is 13.1 Å². The van der Waals surface area contributed by atoms with Crippen molar-refractivity contribution in [1.82, 2.24) is 10.2 Å². The smallest absolute Gasteiger partial charge is 0.324 e. The van der Waals surface area contributed by atoms with Gasteiger partial charge in [-0.1, -0.05) is 12.1 Å². The van der Waals surface area contributed by atoms with Crippen LogP contribution in [-0.2, 0) is 11.3 Å². The van der Waals surface area contributed by atoms with Crippen molar-refractivity contribution in [2.24, 2.45) is 0 Å². The Labute approximate surface area is 146 Å². The van der Waals surface area contributed by atoms with Crippen LogP contribution < -0.4 is 10.6 Å². The van der Waals surface area contributed by atoms with Crippen molar-refractivity contribution in [1.29, 1.82) is 0 Å². The van der Waals surface area contributed by atoms with E-state index < -0.39 is 6.03 Å². The standard InChI is InChI=1S/C16H14BrN3O4/c1-9-5-12(17)24-14(9)15(22)19-11-4-2-3-10(6-11)8-20-13(21)7-18-16(20)23/h2-6H,7-8H2,1H3,(H,18,23)(H,19,22). The molecule has 2 N–H and O–H groups in total. The fourth-order valence-electron chi connectivity index (χ4n) is 2.40. The number of hydrogen-bond acceptors (Lipinski definition) is 4. The van der Waals surface area contributed by atoms with Crippen LogP contribution in [0.3, 0.4) is 0 Å². The predicted octanol–water partition coefficient (Wildman–Crippen LogP) is 2.65. The highest BCUT2D eigenvalue weighted by Crippen LogP contribution is 2.21. The minimum absolute atomic E-state index is 0.0158. The van der Waals surface area contributed by atoms with E-state index in [1.54, 1.807) is 37.3 Å². The van der Waals surface area contributed by atoms with Gasteiger partial charge in [-0.3, -0.25) is 14.5 Å². The Hall–Kier alpha value is -2.61. The maximum atomic E-state index is 12.3. The summed E-state index contributed by atoms with van der Waals surface area (Å²) >= 11 is 3.19. The molecule has 3 rings (SSSR count). The summed E-state index contributed by atoms with van der Waals surface area (Å²) in [5.74, 6) is -0.419. The van der Waals surface area contributed by atoms with Crippen molar-refractivity contribution in [3.8, 4) is 0 Å². The summed E-state index contributed by atoms with van der Waals surface area (Å²) < 4.78 is 5.80. The molecule has 1 aromatic heterocycles. The van der Waals surface area contributed by atoms with Crippen molar-refractivity contribution in [2.45, 2.75) is 13.5 Å². The van der Waals surface area contributed by atoms with Crippen LogP contribution in [-0.4, -0.2) is 29.3 Å². The molecule has 0 bridgehead atoms. The summed E-state index contributed by atoms with van der Waals surface area (Å²) in [7, 11) is 0. The second-order valence-electron chi connectivity index (χ2n) is 5.36. The summed E-state index contributed by atoms with van der Waals surface area (Å²) in [5.41, 5.74) is 2.00. The number of furan rings is 1. The van der Waals surface area contributed by atoms with E-state index in [4.69, 9.17) is 4.42 Å². The molecule has 1 saturated heterocycles. The van der Waals surface area contributed by atoms with Crippen LogP contribution in [0.25, 0.3) is 0 Å². The summed E-state index contributed by atoms with van der Waals surface area (Å²) in [6.45, 7) is 1.94. The summed E-state index contributed by atoms with van der Waals surface area (Å²) in [4.78, 5) is 36.6. The number of benzene rings is 1. The van der Waals surface area contributed by atoms with Crippen LogP contribution in [0.2, 0.25) is 0 Å². The number of nitrogens with one attached hydrogen (secondary N) is 2. The molecule has 1 aliphatic heterocycles. The third-order valence-electron chi connectivity index (χ3n) is 3.56. The second kappa shape index (κ2) is 6.48. The lowest BCUT2D eigenvalue weighted by atomic mass is 10.2. The zero-order chi connectivity index (χ0) is 17.3. The number of amides is 4. The number of anilines is 1. The molecule has 1 fully saturated rings. The maximum absolute atomic E-state index is 12.3. The Morgan fingerprint density at radius 2 is 2.17 bits per heavy atom. The average Bonchev–Trinajstić information content (AvgIpc) is 3.03. The van der Waals surface area contributed by atoms with E-state index in [2.05, 4.69) is 26.6 Å².